The highest BCUT2D eigenvalue weighted by atomic mass is 16.5. The molecule has 0 saturated carbocycles. The molecular formula is C11H23NO. The van der Waals surface area contributed by atoms with Crippen LogP contribution in [0, 0.1) is 6.92 Å². The van der Waals surface area contributed by atoms with Gasteiger partial charge in [0.15, 0.2) is 0 Å². The lowest BCUT2D eigenvalue weighted by atomic mass is 10.1. The number of nitrogens with zero attached hydrogens (tertiary/aromatic N) is 1. The van der Waals surface area contributed by atoms with Gasteiger partial charge in [0.2, 0.25) is 0 Å². The van der Waals surface area contributed by atoms with Crippen LogP contribution < -0.4 is 0 Å². The fourth-order valence-electron chi connectivity index (χ4n) is 0.658. The molecule has 0 aliphatic heterocycles. The van der Waals surface area contributed by atoms with Crippen molar-refractivity contribution in [2.24, 2.45) is 0 Å². The minimum atomic E-state index is 0.474. The van der Waals surface area contributed by atoms with Gasteiger partial charge in [0.1, 0.15) is 5.76 Å². The summed E-state index contributed by atoms with van der Waals surface area (Å²) in [6, 6.07) is 1.96. The molecule has 2 heteroatoms. The highest BCUT2D eigenvalue weighted by Gasteiger charge is 2.02. The average molecular weight is 185 g/mol. The van der Waals surface area contributed by atoms with E-state index in [1.54, 1.807) is 0 Å². The van der Waals surface area contributed by atoms with Crippen molar-refractivity contribution >= 4 is 0 Å². The molecule has 0 spiro atoms. The average Bonchev–Trinajstić information content (AvgIpc) is 2.59. The Balaban J connectivity index is 0. The maximum absolute atomic E-state index is 4.88. The van der Waals surface area contributed by atoms with Gasteiger partial charge in [0.05, 0.1) is 5.69 Å². The Labute approximate surface area is 82.3 Å². The van der Waals surface area contributed by atoms with Gasteiger partial charge in [-0.2, -0.15) is 0 Å². The summed E-state index contributed by atoms with van der Waals surface area (Å²) in [6.45, 7) is 14.1. The molecule has 1 rings (SSSR count). The van der Waals surface area contributed by atoms with Gasteiger partial charge >= 0.3 is 0 Å². The van der Waals surface area contributed by atoms with Crippen LogP contribution in [0.3, 0.4) is 0 Å². The molecular weight excluding hydrogens is 162 g/mol. The van der Waals surface area contributed by atoms with E-state index < -0.39 is 0 Å². The second-order valence-electron chi connectivity index (χ2n) is 2.52. The molecule has 0 aromatic carbocycles. The molecule has 0 radical (unpaired) electrons. The standard InChI is InChI=1S/C7H11NO.2C2H6/c1-5(2)7-4-6(3)9-8-7;2*1-2/h4-5H,1-3H3;2*1-2H3. The number of aromatic nitrogens is 1. The van der Waals surface area contributed by atoms with Crippen LogP contribution in [-0.2, 0) is 0 Å². The molecule has 0 fully saturated rings. The van der Waals surface area contributed by atoms with E-state index in [2.05, 4.69) is 19.0 Å². The number of aryl methyl sites for hydroxylation is 1. The van der Waals surface area contributed by atoms with Gasteiger partial charge in [0.25, 0.3) is 0 Å². The smallest absolute Gasteiger partial charge is 0.133 e. The van der Waals surface area contributed by atoms with Gasteiger partial charge in [-0.1, -0.05) is 46.7 Å². The van der Waals surface area contributed by atoms with E-state index >= 15 is 0 Å². The summed E-state index contributed by atoms with van der Waals surface area (Å²) < 4.78 is 4.88. The third-order valence-corrected chi connectivity index (χ3v) is 1.24. The third kappa shape index (κ3) is 6.38. The lowest BCUT2D eigenvalue weighted by Crippen LogP contribution is -1.84. The van der Waals surface area contributed by atoms with E-state index in [-0.39, 0.29) is 0 Å². The molecule has 0 saturated heterocycles. The van der Waals surface area contributed by atoms with Gasteiger partial charge in [-0.15, -0.1) is 0 Å². The SMILES string of the molecule is CC.CC.Cc1cc(C(C)C)no1. The van der Waals surface area contributed by atoms with E-state index in [4.69, 9.17) is 4.52 Å². The summed E-state index contributed by atoms with van der Waals surface area (Å²) in [5.74, 6) is 1.36. The summed E-state index contributed by atoms with van der Waals surface area (Å²) >= 11 is 0. The fraction of sp³-hybridized carbons (Fsp3) is 0.727. The second kappa shape index (κ2) is 9.30. The maximum atomic E-state index is 4.88. The molecule has 0 atom stereocenters. The van der Waals surface area contributed by atoms with Crippen molar-refractivity contribution in [3.8, 4) is 0 Å². The van der Waals surface area contributed by atoms with Gasteiger partial charge in [-0.3, -0.25) is 0 Å². The van der Waals surface area contributed by atoms with E-state index in [0.717, 1.165) is 11.5 Å². The zero-order chi connectivity index (χ0) is 10.9. The highest BCUT2D eigenvalue weighted by Crippen LogP contribution is 2.12. The second-order valence-corrected chi connectivity index (χ2v) is 2.52. The summed E-state index contributed by atoms with van der Waals surface area (Å²) in [7, 11) is 0. The van der Waals surface area contributed by atoms with Gasteiger partial charge in [0, 0.05) is 6.07 Å². The summed E-state index contributed by atoms with van der Waals surface area (Å²) in [4.78, 5) is 0. The first-order valence-electron chi connectivity index (χ1n) is 5.13. The predicted octanol–water partition coefficient (Wildman–Crippen LogP) is 4.16. The van der Waals surface area contributed by atoms with Crippen molar-refractivity contribution in [1.29, 1.82) is 0 Å². The zero-order valence-corrected chi connectivity index (χ0v) is 10.0. The maximum Gasteiger partial charge on any atom is 0.133 e. The van der Waals surface area contributed by atoms with E-state index in [1.807, 2.05) is 40.7 Å². The van der Waals surface area contributed by atoms with Crippen LogP contribution in [0.1, 0.15) is 58.9 Å². The van der Waals surface area contributed by atoms with Crippen LogP contribution in [0.25, 0.3) is 0 Å². The van der Waals surface area contributed by atoms with Crippen LogP contribution >= 0.6 is 0 Å². The number of rotatable bonds is 1. The van der Waals surface area contributed by atoms with Crippen LogP contribution in [-0.4, -0.2) is 5.16 Å². The molecule has 2 nitrogen and oxygen atoms in total. The van der Waals surface area contributed by atoms with E-state index in [9.17, 15) is 0 Å². The van der Waals surface area contributed by atoms with Gasteiger partial charge in [-0.25, -0.2) is 0 Å². The monoisotopic (exact) mass is 185 g/mol. The van der Waals surface area contributed by atoms with Crippen molar-refractivity contribution in [2.45, 2.75) is 54.4 Å². The Morgan fingerprint density at radius 2 is 1.62 bits per heavy atom. The Bertz CT molecular complexity index is 192. The summed E-state index contributed by atoms with van der Waals surface area (Å²) in [5, 5.41) is 3.84. The van der Waals surface area contributed by atoms with Crippen molar-refractivity contribution in [2.75, 3.05) is 0 Å². The van der Waals surface area contributed by atoms with Crippen LogP contribution in [0.4, 0.5) is 0 Å². The van der Waals surface area contributed by atoms with Crippen LogP contribution in [0.15, 0.2) is 10.6 Å². The van der Waals surface area contributed by atoms with Gasteiger partial charge in [-0.05, 0) is 12.8 Å². The molecule has 1 aromatic heterocycles. The van der Waals surface area contributed by atoms with Crippen molar-refractivity contribution in [3.05, 3.63) is 17.5 Å². The molecule has 0 bridgehead atoms. The zero-order valence-electron chi connectivity index (χ0n) is 10.0. The molecule has 0 unspecified atom stereocenters. The first-order valence-corrected chi connectivity index (χ1v) is 5.13. The molecule has 1 aromatic rings. The van der Waals surface area contributed by atoms with E-state index in [0.29, 0.717) is 5.92 Å². The fourth-order valence-corrected chi connectivity index (χ4v) is 0.658. The minimum absolute atomic E-state index is 0.474. The molecule has 0 amide bonds. The lowest BCUT2D eigenvalue weighted by Gasteiger charge is -1.92. The number of hydrogen-bond donors (Lipinski definition) is 0. The van der Waals surface area contributed by atoms with E-state index in [1.165, 1.54) is 0 Å². The Kier molecular flexibility index (Phi) is 10.5. The third-order valence-electron chi connectivity index (χ3n) is 1.24. The summed E-state index contributed by atoms with van der Waals surface area (Å²) in [6.07, 6.45) is 0. The molecule has 0 N–H and O–H groups in total. The molecule has 1 heterocycles. The van der Waals surface area contributed by atoms with Crippen LogP contribution in [0.5, 0.6) is 0 Å². The predicted molar refractivity (Wildman–Crippen MR) is 58.0 cm³/mol. The highest BCUT2D eigenvalue weighted by molar-refractivity contribution is 5.06. The van der Waals surface area contributed by atoms with Crippen molar-refractivity contribution in [3.63, 3.8) is 0 Å². The first kappa shape index (κ1) is 14.7. The molecule has 78 valence electrons. The topological polar surface area (TPSA) is 26.0 Å². The van der Waals surface area contributed by atoms with Crippen molar-refractivity contribution in [1.82, 2.24) is 5.16 Å². The van der Waals surface area contributed by atoms with Gasteiger partial charge < -0.3 is 4.52 Å². The largest absolute Gasteiger partial charge is 0.361 e. The normalized spacial score (nSPS) is 8.31. The lowest BCUT2D eigenvalue weighted by molar-refractivity contribution is 0.388. The Morgan fingerprint density at radius 3 is 1.77 bits per heavy atom. The Morgan fingerprint density at radius 1 is 1.15 bits per heavy atom. The number of hydrogen-bond acceptors (Lipinski definition) is 2. The molecule has 13 heavy (non-hydrogen) atoms. The quantitative estimate of drug-likeness (QED) is 0.656. The van der Waals surface area contributed by atoms with Crippen LogP contribution in [0.2, 0.25) is 0 Å². The van der Waals surface area contributed by atoms with Crippen molar-refractivity contribution < 1.29 is 4.52 Å². The molecule has 0 aliphatic rings. The molecule has 0 aliphatic carbocycles. The minimum Gasteiger partial charge on any atom is -0.361 e. The first-order chi connectivity index (χ1) is 6.20. The Hall–Kier alpha value is -0.790. The summed E-state index contributed by atoms with van der Waals surface area (Å²) in [5.41, 5.74) is 1.03.